The molecule has 0 aliphatic rings. The lowest BCUT2D eigenvalue weighted by Crippen LogP contribution is -2.22. The highest BCUT2D eigenvalue weighted by atomic mass is 16.5. The SMILES string of the molecule is CCCOc1cccn(Cc2cccc(C(=O)OC(C)C)c2)c1=O. The van der Waals surface area contributed by atoms with Gasteiger partial charge in [0.1, 0.15) is 0 Å². The van der Waals surface area contributed by atoms with E-state index in [1.165, 1.54) is 0 Å². The van der Waals surface area contributed by atoms with Crippen molar-refractivity contribution < 1.29 is 14.3 Å². The largest absolute Gasteiger partial charge is 0.488 e. The molecular formula is C19H23NO4. The first kappa shape index (κ1) is 17.8. The molecule has 24 heavy (non-hydrogen) atoms. The Kier molecular flexibility index (Phi) is 6.18. The Hall–Kier alpha value is -2.56. The van der Waals surface area contributed by atoms with E-state index in [2.05, 4.69) is 0 Å². The van der Waals surface area contributed by atoms with Gasteiger partial charge < -0.3 is 14.0 Å². The summed E-state index contributed by atoms with van der Waals surface area (Å²) in [5.41, 5.74) is 1.15. The van der Waals surface area contributed by atoms with Crippen molar-refractivity contribution >= 4 is 5.97 Å². The van der Waals surface area contributed by atoms with Crippen LogP contribution in [0.15, 0.2) is 47.4 Å². The summed E-state index contributed by atoms with van der Waals surface area (Å²) in [5, 5.41) is 0. The fraction of sp³-hybridized carbons (Fsp3) is 0.368. The van der Waals surface area contributed by atoms with Crippen molar-refractivity contribution in [2.45, 2.75) is 39.8 Å². The van der Waals surface area contributed by atoms with Gasteiger partial charge in [0.25, 0.3) is 5.56 Å². The molecule has 0 N–H and O–H groups in total. The number of hydrogen-bond acceptors (Lipinski definition) is 4. The Morgan fingerprint density at radius 1 is 1.21 bits per heavy atom. The van der Waals surface area contributed by atoms with Gasteiger partial charge in [0.2, 0.25) is 0 Å². The maximum Gasteiger partial charge on any atom is 0.338 e. The van der Waals surface area contributed by atoms with Crippen molar-refractivity contribution in [1.29, 1.82) is 0 Å². The number of pyridine rings is 1. The van der Waals surface area contributed by atoms with Crippen LogP contribution in [0, 0.1) is 0 Å². The number of carbonyl (C=O) groups excluding carboxylic acids is 1. The van der Waals surface area contributed by atoms with E-state index >= 15 is 0 Å². The number of benzene rings is 1. The third-order valence-electron chi connectivity index (χ3n) is 3.31. The van der Waals surface area contributed by atoms with Crippen LogP contribution < -0.4 is 10.3 Å². The Balaban J connectivity index is 2.20. The van der Waals surface area contributed by atoms with Gasteiger partial charge in [-0.25, -0.2) is 4.79 Å². The fourth-order valence-electron chi connectivity index (χ4n) is 2.24. The average molecular weight is 329 g/mol. The van der Waals surface area contributed by atoms with Gasteiger partial charge in [-0.2, -0.15) is 0 Å². The molecule has 2 aromatic rings. The zero-order valence-corrected chi connectivity index (χ0v) is 14.3. The lowest BCUT2D eigenvalue weighted by molar-refractivity contribution is 0.0378. The predicted octanol–water partition coefficient (Wildman–Crippen LogP) is 3.25. The quantitative estimate of drug-likeness (QED) is 0.732. The van der Waals surface area contributed by atoms with Crippen LogP contribution in [0.5, 0.6) is 5.75 Å². The van der Waals surface area contributed by atoms with E-state index in [4.69, 9.17) is 9.47 Å². The number of ether oxygens (including phenoxy) is 2. The van der Waals surface area contributed by atoms with E-state index < -0.39 is 0 Å². The molecular weight excluding hydrogens is 306 g/mol. The summed E-state index contributed by atoms with van der Waals surface area (Å²) in [6, 6.07) is 10.6. The van der Waals surface area contributed by atoms with Crippen molar-refractivity contribution in [3.63, 3.8) is 0 Å². The highest BCUT2D eigenvalue weighted by Gasteiger charge is 2.10. The van der Waals surface area contributed by atoms with E-state index in [0.717, 1.165) is 12.0 Å². The maximum absolute atomic E-state index is 12.4. The first-order chi connectivity index (χ1) is 11.5. The number of rotatable bonds is 7. The standard InChI is InChI=1S/C19H23NO4/c1-4-11-23-17-9-6-10-20(18(17)21)13-15-7-5-8-16(12-15)19(22)24-14(2)3/h5-10,12,14H,4,11,13H2,1-3H3. The number of aromatic nitrogens is 1. The molecule has 1 aromatic carbocycles. The number of nitrogens with zero attached hydrogens (tertiary/aromatic N) is 1. The van der Waals surface area contributed by atoms with Crippen molar-refractivity contribution in [3.8, 4) is 5.75 Å². The van der Waals surface area contributed by atoms with Crippen molar-refractivity contribution in [3.05, 3.63) is 64.1 Å². The zero-order valence-electron chi connectivity index (χ0n) is 14.3. The second-order valence-corrected chi connectivity index (χ2v) is 5.81. The van der Waals surface area contributed by atoms with E-state index in [1.54, 1.807) is 41.1 Å². The first-order valence-electron chi connectivity index (χ1n) is 8.13. The third-order valence-corrected chi connectivity index (χ3v) is 3.31. The van der Waals surface area contributed by atoms with Crippen LogP contribution >= 0.6 is 0 Å². The lowest BCUT2D eigenvalue weighted by Gasteiger charge is -2.11. The summed E-state index contributed by atoms with van der Waals surface area (Å²) in [5.74, 6) is -0.0195. The normalized spacial score (nSPS) is 10.7. The van der Waals surface area contributed by atoms with Gasteiger partial charge in [-0.15, -0.1) is 0 Å². The van der Waals surface area contributed by atoms with Crippen LogP contribution in [0.2, 0.25) is 0 Å². The van der Waals surface area contributed by atoms with Gasteiger partial charge >= 0.3 is 5.97 Å². The molecule has 0 atom stereocenters. The summed E-state index contributed by atoms with van der Waals surface area (Å²) in [6.07, 6.45) is 2.38. The van der Waals surface area contributed by atoms with Crippen LogP contribution in [-0.4, -0.2) is 23.2 Å². The van der Waals surface area contributed by atoms with Crippen LogP contribution in [0.4, 0.5) is 0 Å². The number of esters is 1. The molecule has 5 nitrogen and oxygen atoms in total. The van der Waals surface area contributed by atoms with Crippen molar-refractivity contribution in [1.82, 2.24) is 4.57 Å². The summed E-state index contributed by atoms with van der Waals surface area (Å²) in [4.78, 5) is 24.4. The second-order valence-electron chi connectivity index (χ2n) is 5.81. The number of hydrogen-bond donors (Lipinski definition) is 0. The monoisotopic (exact) mass is 329 g/mol. The molecule has 0 spiro atoms. The highest BCUT2D eigenvalue weighted by molar-refractivity contribution is 5.89. The topological polar surface area (TPSA) is 57.5 Å². The maximum atomic E-state index is 12.4. The Labute approximate surface area is 141 Å². The van der Waals surface area contributed by atoms with E-state index in [-0.39, 0.29) is 17.6 Å². The highest BCUT2D eigenvalue weighted by Crippen LogP contribution is 2.10. The Morgan fingerprint density at radius 2 is 2.00 bits per heavy atom. The molecule has 5 heteroatoms. The molecule has 0 aliphatic heterocycles. The van der Waals surface area contributed by atoms with Gasteiger partial charge in [0.05, 0.1) is 24.8 Å². The first-order valence-corrected chi connectivity index (χ1v) is 8.13. The fourth-order valence-corrected chi connectivity index (χ4v) is 2.24. The molecule has 0 radical (unpaired) electrons. The summed E-state index contributed by atoms with van der Waals surface area (Å²) < 4.78 is 12.2. The smallest absolute Gasteiger partial charge is 0.338 e. The van der Waals surface area contributed by atoms with Crippen LogP contribution in [0.25, 0.3) is 0 Å². The van der Waals surface area contributed by atoms with E-state index in [9.17, 15) is 9.59 Å². The summed E-state index contributed by atoms with van der Waals surface area (Å²) in [6.45, 7) is 6.48. The van der Waals surface area contributed by atoms with Gasteiger partial charge in [-0.05, 0) is 50.1 Å². The Morgan fingerprint density at radius 3 is 2.71 bits per heavy atom. The van der Waals surface area contributed by atoms with E-state index in [0.29, 0.717) is 24.5 Å². The summed E-state index contributed by atoms with van der Waals surface area (Å²) >= 11 is 0. The van der Waals surface area contributed by atoms with Gasteiger partial charge in [0, 0.05) is 6.20 Å². The van der Waals surface area contributed by atoms with E-state index in [1.807, 2.05) is 26.8 Å². The minimum absolute atomic E-state index is 0.170. The van der Waals surface area contributed by atoms with Crippen molar-refractivity contribution in [2.24, 2.45) is 0 Å². The lowest BCUT2D eigenvalue weighted by atomic mass is 10.1. The van der Waals surface area contributed by atoms with Gasteiger partial charge in [0.15, 0.2) is 5.75 Å². The molecule has 2 rings (SSSR count). The molecule has 0 amide bonds. The molecule has 0 unspecified atom stereocenters. The average Bonchev–Trinajstić information content (AvgIpc) is 2.55. The predicted molar refractivity (Wildman–Crippen MR) is 92.6 cm³/mol. The minimum atomic E-state index is -0.362. The molecule has 0 saturated carbocycles. The molecule has 1 heterocycles. The van der Waals surface area contributed by atoms with Crippen LogP contribution in [-0.2, 0) is 11.3 Å². The molecule has 0 bridgehead atoms. The summed E-state index contributed by atoms with van der Waals surface area (Å²) in [7, 11) is 0. The van der Waals surface area contributed by atoms with Crippen LogP contribution in [0.1, 0.15) is 43.1 Å². The molecule has 0 fully saturated rings. The van der Waals surface area contributed by atoms with Gasteiger partial charge in [-0.1, -0.05) is 19.1 Å². The second kappa shape index (κ2) is 8.34. The number of carbonyl (C=O) groups is 1. The molecule has 1 aromatic heterocycles. The zero-order chi connectivity index (χ0) is 17.5. The Bertz CT molecular complexity index is 749. The molecule has 128 valence electrons. The van der Waals surface area contributed by atoms with Crippen LogP contribution in [0.3, 0.4) is 0 Å². The third kappa shape index (κ3) is 4.72. The minimum Gasteiger partial charge on any atom is -0.488 e. The van der Waals surface area contributed by atoms with Crippen molar-refractivity contribution in [2.75, 3.05) is 6.61 Å². The molecule has 0 aliphatic carbocycles. The van der Waals surface area contributed by atoms with Gasteiger partial charge in [-0.3, -0.25) is 4.79 Å². The molecule has 0 saturated heterocycles.